The van der Waals surface area contributed by atoms with Gasteiger partial charge in [-0.25, -0.2) is 4.98 Å². The zero-order valence-electron chi connectivity index (χ0n) is 10.9. The molecule has 4 nitrogen and oxygen atoms in total. The fraction of sp³-hybridized carbons (Fsp3) is 0.333. The standard InChI is InChI=1S/C15H17N3O/c1-10-2-5-12(6-3-10)18-15(19)11-4-7-13-14(8-11)17-9-16-13/h2-3,5-6,9,11H,4,7-8H2,1H3,(H,16,17)(H,18,19). The van der Waals surface area contributed by atoms with E-state index in [0.717, 1.165) is 36.3 Å². The highest BCUT2D eigenvalue weighted by molar-refractivity contribution is 5.92. The van der Waals surface area contributed by atoms with Crippen LogP contribution in [0.2, 0.25) is 0 Å². The molecule has 1 aliphatic carbocycles. The number of anilines is 1. The molecule has 1 atom stereocenters. The number of hydrogen-bond donors (Lipinski definition) is 2. The van der Waals surface area contributed by atoms with Crippen LogP contribution >= 0.6 is 0 Å². The second-order valence-corrected chi connectivity index (χ2v) is 5.12. The molecule has 0 aliphatic heterocycles. The number of carbonyl (C=O) groups excluding carboxylic acids is 1. The van der Waals surface area contributed by atoms with Gasteiger partial charge in [-0.15, -0.1) is 0 Å². The Morgan fingerprint density at radius 3 is 2.95 bits per heavy atom. The zero-order chi connectivity index (χ0) is 13.2. The van der Waals surface area contributed by atoms with E-state index in [-0.39, 0.29) is 11.8 Å². The fourth-order valence-corrected chi connectivity index (χ4v) is 2.51. The number of nitrogens with one attached hydrogen (secondary N) is 2. The van der Waals surface area contributed by atoms with E-state index >= 15 is 0 Å². The minimum atomic E-state index is 0.0363. The highest BCUT2D eigenvalue weighted by Gasteiger charge is 2.26. The van der Waals surface area contributed by atoms with Crippen molar-refractivity contribution in [2.45, 2.75) is 26.2 Å². The molecular weight excluding hydrogens is 238 g/mol. The van der Waals surface area contributed by atoms with Crippen LogP contribution in [0.4, 0.5) is 5.69 Å². The lowest BCUT2D eigenvalue weighted by atomic mass is 9.89. The Bertz CT molecular complexity index is 586. The van der Waals surface area contributed by atoms with Crippen molar-refractivity contribution >= 4 is 11.6 Å². The Labute approximate surface area is 112 Å². The average molecular weight is 255 g/mol. The van der Waals surface area contributed by atoms with Crippen LogP contribution in [0.25, 0.3) is 0 Å². The number of aromatic nitrogens is 2. The third-order valence-corrected chi connectivity index (χ3v) is 3.68. The van der Waals surface area contributed by atoms with E-state index in [4.69, 9.17) is 0 Å². The molecule has 0 spiro atoms. The smallest absolute Gasteiger partial charge is 0.227 e. The Morgan fingerprint density at radius 1 is 1.37 bits per heavy atom. The number of aromatic amines is 1. The molecule has 0 saturated carbocycles. The molecule has 0 fully saturated rings. The van der Waals surface area contributed by atoms with Gasteiger partial charge in [0.15, 0.2) is 0 Å². The minimum Gasteiger partial charge on any atom is -0.348 e. The molecule has 2 N–H and O–H groups in total. The van der Waals surface area contributed by atoms with Gasteiger partial charge in [0, 0.05) is 23.7 Å². The van der Waals surface area contributed by atoms with E-state index in [1.54, 1.807) is 6.33 Å². The molecule has 1 heterocycles. The van der Waals surface area contributed by atoms with Gasteiger partial charge in [-0.05, 0) is 31.9 Å². The first-order chi connectivity index (χ1) is 9.22. The molecular formula is C15H17N3O. The van der Waals surface area contributed by atoms with Crippen LogP contribution in [0.1, 0.15) is 23.4 Å². The summed E-state index contributed by atoms with van der Waals surface area (Å²) in [5.41, 5.74) is 4.28. The predicted octanol–water partition coefficient (Wildman–Crippen LogP) is 2.46. The number of benzene rings is 1. The van der Waals surface area contributed by atoms with Gasteiger partial charge in [0.25, 0.3) is 0 Å². The molecule has 1 aromatic heterocycles. The van der Waals surface area contributed by atoms with Crippen LogP contribution in [0.3, 0.4) is 0 Å². The third-order valence-electron chi connectivity index (χ3n) is 3.68. The lowest BCUT2D eigenvalue weighted by Gasteiger charge is -2.20. The molecule has 2 aromatic rings. The average Bonchev–Trinajstić information content (AvgIpc) is 2.88. The first-order valence-corrected chi connectivity index (χ1v) is 6.61. The number of carbonyl (C=O) groups is 1. The third kappa shape index (κ3) is 2.52. The summed E-state index contributed by atoms with van der Waals surface area (Å²) in [7, 11) is 0. The van der Waals surface area contributed by atoms with Gasteiger partial charge in [0.2, 0.25) is 5.91 Å². The van der Waals surface area contributed by atoms with Gasteiger partial charge < -0.3 is 10.3 Å². The molecule has 98 valence electrons. The molecule has 1 aliphatic rings. The molecule has 0 radical (unpaired) electrons. The topological polar surface area (TPSA) is 57.8 Å². The van der Waals surface area contributed by atoms with Crippen molar-refractivity contribution in [2.75, 3.05) is 5.32 Å². The van der Waals surface area contributed by atoms with Crippen molar-refractivity contribution in [3.63, 3.8) is 0 Å². The van der Waals surface area contributed by atoms with Gasteiger partial charge in [-0.3, -0.25) is 4.79 Å². The number of aryl methyl sites for hydroxylation is 2. The van der Waals surface area contributed by atoms with E-state index in [9.17, 15) is 4.79 Å². The van der Waals surface area contributed by atoms with Crippen LogP contribution in [-0.2, 0) is 17.6 Å². The monoisotopic (exact) mass is 255 g/mol. The Hall–Kier alpha value is -2.10. The zero-order valence-corrected chi connectivity index (χ0v) is 10.9. The second-order valence-electron chi connectivity index (χ2n) is 5.12. The molecule has 0 bridgehead atoms. The van der Waals surface area contributed by atoms with Crippen LogP contribution < -0.4 is 5.32 Å². The van der Waals surface area contributed by atoms with E-state index < -0.39 is 0 Å². The summed E-state index contributed by atoms with van der Waals surface area (Å²) in [5.74, 6) is 0.137. The molecule has 0 saturated heterocycles. The Balaban J connectivity index is 1.67. The number of nitrogens with zero attached hydrogens (tertiary/aromatic N) is 1. The van der Waals surface area contributed by atoms with Gasteiger partial charge in [-0.1, -0.05) is 17.7 Å². The van der Waals surface area contributed by atoms with Crippen molar-refractivity contribution in [3.05, 3.63) is 47.5 Å². The highest BCUT2D eigenvalue weighted by atomic mass is 16.1. The van der Waals surface area contributed by atoms with Gasteiger partial charge in [0.1, 0.15) is 0 Å². The Kier molecular flexibility index (Phi) is 3.07. The summed E-state index contributed by atoms with van der Waals surface area (Å²) in [6, 6.07) is 7.89. The van der Waals surface area contributed by atoms with Crippen molar-refractivity contribution in [2.24, 2.45) is 5.92 Å². The fourth-order valence-electron chi connectivity index (χ4n) is 2.51. The first kappa shape index (κ1) is 12.0. The minimum absolute atomic E-state index is 0.0363. The van der Waals surface area contributed by atoms with Gasteiger partial charge in [-0.2, -0.15) is 0 Å². The van der Waals surface area contributed by atoms with Crippen molar-refractivity contribution < 1.29 is 4.79 Å². The van der Waals surface area contributed by atoms with Crippen molar-refractivity contribution in [1.29, 1.82) is 0 Å². The van der Waals surface area contributed by atoms with E-state index in [2.05, 4.69) is 15.3 Å². The summed E-state index contributed by atoms with van der Waals surface area (Å²) < 4.78 is 0. The number of rotatable bonds is 2. The maximum atomic E-state index is 12.2. The molecule has 1 unspecified atom stereocenters. The summed E-state index contributed by atoms with van der Waals surface area (Å²) in [6.07, 6.45) is 4.22. The largest absolute Gasteiger partial charge is 0.348 e. The van der Waals surface area contributed by atoms with Crippen molar-refractivity contribution in [1.82, 2.24) is 9.97 Å². The lowest BCUT2D eigenvalue weighted by Crippen LogP contribution is -2.28. The maximum absolute atomic E-state index is 12.2. The quantitative estimate of drug-likeness (QED) is 0.866. The van der Waals surface area contributed by atoms with Crippen LogP contribution in [0.5, 0.6) is 0 Å². The number of H-pyrrole nitrogens is 1. The molecule has 19 heavy (non-hydrogen) atoms. The van der Waals surface area contributed by atoms with Gasteiger partial charge >= 0.3 is 0 Å². The summed E-state index contributed by atoms with van der Waals surface area (Å²) in [4.78, 5) is 19.6. The number of fused-ring (bicyclic) bond motifs is 1. The van der Waals surface area contributed by atoms with Crippen molar-refractivity contribution in [3.8, 4) is 0 Å². The van der Waals surface area contributed by atoms with E-state index in [0.29, 0.717) is 0 Å². The van der Waals surface area contributed by atoms with Crippen LogP contribution in [0.15, 0.2) is 30.6 Å². The highest BCUT2D eigenvalue weighted by Crippen LogP contribution is 2.24. The molecule has 1 aromatic carbocycles. The Morgan fingerprint density at radius 2 is 2.16 bits per heavy atom. The first-order valence-electron chi connectivity index (χ1n) is 6.61. The number of hydrogen-bond acceptors (Lipinski definition) is 2. The van der Waals surface area contributed by atoms with E-state index in [1.165, 1.54) is 5.56 Å². The van der Waals surface area contributed by atoms with Crippen LogP contribution in [0, 0.1) is 12.8 Å². The molecule has 1 amide bonds. The van der Waals surface area contributed by atoms with E-state index in [1.807, 2.05) is 31.2 Å². The maximum Gasteiger partial charge on any atom is 0.227 e. The normalized spacial score (nSPS) is 17.8. The summed E-state index contributed by atoms with van der Waals surface area (Å²) >= 11 is 0. The number of imidazole rings is 1. The summed E-state index contributed by atoms with van der Waals surface area (Å²) in [5, 5.41) is 2.99. The molecule has 4 heteroatoms. The second kappa shape index (κ2) is 4.88. The van der Waals surface area contributed by atoms with Crippen LogP contribution in [-0.4, -0.2) is 15.9 Å². The SMILES string of the molecule is Cc1ccc(NC(=O)C2CCc3nc[nH]c3C2)cc1. The number of amides is 1. The predicted molar refractivity (Wildman–Crippen MR) is 73.9 cm³/mol. The summed E-state index contributed by atoms with van der Waals surface area (Å²) in [6.45, 7) is 2.03. The van der Waals surface area contributed by atoms with Gasteiger partial charge in [0.05, 0.1) is 12.0 Å². The lowest BCUT2D eigenvalue weighted by molar-refractivity contribution is -0.120. The molecule has 3 rings (SSSR count).